The molecule has 1 aromatic rings. The molecule has 0 heterocycles. The number of hydrogen-bond donors (Lipinski definition) is 1. The van der Waals surface area contributed by atoms with Crippen molar-refractivity contribution in [2.45, 2.75) is 18.9 Å². The van der Waals surface area contributed by atoms with Crippen molar-refractivity contribution in [2.24, 2.45) is 0 Å². The van der Waals surface area contributed by atoms with Gasteiger partial charge in [-0.3, -0.25) is 5.41 Å². The molecule has 1 nitrogen and oxygen atoms in total. The lowest BCUT2D eigenvalue weighted by Crippen LogP contribution is -2.04. The van der Waals surface area contributed by atoms with Gasteiger partial charge in [-0.2, -0.15) is 13.2 Å². The molecule has 1 N–H and O–H groups in total. The molecule has 0 radical (unpaired) electrons. The fourth-order valence-corrected chi connectivity index (χ4v) is 1.56. The van der Waals surface area contributed by atoms with Crippen LogP contribution in [0.25, 0.3) is 0 Å². The van der Waals surface area contributed by atoms with Crippen molar-refractivity contribution in [3.8, 4) is 0 Å². The van der Waals surface area contributed by atoms with Crippen LogP contribution >= 0.6 is 24.2 Å². The zero-order valence-electron chi connectivity index (χ0n) is 8.47. The van der Waals surface area contributed by atoms with E-state index in [0.29, 0.717) is 10.8 Å². The third-order valence-electron chi connectivity index (χ3n) is 1.74. The summed E-state index contributed by atoms with van der Waals surface area (Å²) in [5.41, 5.74) is 0.155. The summed E-state index contributed by atoms with van der Waals surface area (Å²) >= 11 is 1.30. The number of hydrogen-bond acceptors (Lipinski definition) is 2. The molecule has 6 heteroatoms. The Labute approximate surface area is 102 Å². The van der Waals surface area contributed by atoms with Crippen molar-refractivity contribution >= 4 is 29.2 Å². The Morgan fingerprint density at radius 2 is 1.75 bits per heavy atom. The number of thioether (sulfide) groups is 1. The predicted molar refractivity (Wildman–Crippen MR) is 63.4 cm³/mol. The molecule has 0 amide bonds. The van der Waals surface area contributed by atoms with Crippen LogP contribution in [0.5, 0.6) is 0 Å². The van der Waals surface area contributed by atoms with E-state index in [1.54, 1.807) is 6.92 Å². The van der Waals surface area contributed by atoms with Crippen LogP contribution in [0.1, 0.15) is 18.1 Å². The number of benzene rings is 1. The molecule has 0 fully saturated rings. The Balaban J connectivity index is 0.00000225. The highest BCUT2D eigenvalue weighted by molar-refractivity contribution is 8.13. The van der Waals surface area contributed by atoms with E-state index in [-0.39, 0.29) is 12.4 Å². The van der Waals surface area contributed by atoms with E-state index in [1.165, 1.54) is 23.9 Å². The lowest BCUT2D eigenvalue weighted by Gasteiger charge is -2.07. The van der Waals surface area contributed by atoms with E-state index in [4.69, 9.17) is 5.41 Å². The van der Waals surface area contributed by atoms with Gasteiger partial charge in [0.1, 0.15) is 0 Å². The zero-order valence-corrected chi connectivity index (χ0v) is 10.1. The fraction of sp³-hybridized carbons (Fsp3) is 0.300. The smallest absolute Gasteiger partial charge is 0.299 e. The molecule has 0 aliphatic rings. The summed E-state index contributed by atoms with van der Waals surface area (Å²) < 4.78 is 36.6. The largest absolute Gasteiger partial charge is 0.416 e. The van der Waals surface area contributed by atoms with Gasteiger partial charge in [0.15, 0.2) is 0 Å². The van der Waals surface area contributed by atoms with Crippen LogP contribution in [-0.2, 0) is 11.9 Å². The van der Waals surface area contributed by atoms with Gasteiger partial charge in [-0.1, -0.05) is 12.1 Å². The second-order valence-electron chi connectivity index (χ2n) is 3.04. The molecular weight excluding hydrogens is 259 g/mol. The van der Waals surface area contributed by atoms with E-state index >= 15 is 0 Å². The number of halogens is 4. The summed E-state index contributed by atoms with van der Waals surface area (Å²) in [7, 11) is 0. The number of nitrogens with one attached hydrogen (secondary N) is 1. The van der Waals surface area contributed by atoms with Gasteiger partial charge in [0, 0.05) is 5.75 Å². The van der Waals surface area contributed by atoms with Gasteiger partial charge in [0.25, 0.3) is 0 Å². The first-order chi connectivity index (χ1) is 6.89. The quantitative estimate of drug-likeness (QED) is 0.626. The Morgan fingerprint density at radius 3 is 2.12 bits per heavy atom. The van der Waals surface area contributed by atoms with Crippen molar-refractivity contribution in [3.05, 3.63) is 35.4 Å². The highest BCUT2D eigenvalue weighted by atomic mass is 35.5. The van der Waals surface area contributed by atoms with Gasteiger partial charge in [-0.25, -0.2) is 0 Å². The number of rotatable bonds is 2. The maximum Gasteiger partial charge on any atom is 0.416 e. The molecule has 90 valence electrons. The Hall–Kier alpha value is -0.680. The topological polar surface area (TPSA) is 23.9 Å². The normalized spacial score (nSPS) is 10.8. The molecular formula is C10H11ClF3NS. The zero-order chi connectivity index (χ0) is 11.5. The minimum absolute atomic E-state index is 0. The third-order valence-corrected chi connectivity index (χ3v) is 2.65. The van der Waals surface area contributed by atoms with Gasteiger partial charge >= 0.3 is 6.18 Å². The van der Waals surface area contributed by atoms with Crippen molar-refractivity contribution in [1.29, 1.82) is 5.41 Å². The van der Waals surface area contributed by atoms with Gasteiger partial charge in [-0.05, 0) is 24.6 Å². The van der Waals surface area contributed by atoms with Crippen LogP contribution in [0, 0.1) is 5.41 Å². The van der Waals surface area contributed by atoms with E-state index < -0.39 is 11.7 Å². The summed E-state index contributed by atoms with van der Waals surface area (Å²) in [4.78, 5) is 0. The Morgan fingerprint density at radius 1 is 1.25 bits per heavy atom. The maximum absolute atomic E-state index is 12.2. The maximum atomic E-state index is 12.2. The molecule has 0 atom stereocenters. The van der Waals surface area contributed by atoms with Gasteiger partial charge in [0.2, 0.25) is 0 Å². The highest BCUT2D eigenvalue weighted by Crippen LogP contribution is 2.29. The Kier molecular flexibility index (Phi) is 5.89. The van der Waals surface area contributed by atoms with Gasteiger partial charge in [0.05, 0.1) is 10.6 Å². The lowest BCUT2D eigenvalue weighted by atomic mass is 10.1. The molecule has 0 aliphatic carbocycles. The fourth-order valence-electron chi connectivity index (χ4n) is 0.982. The summed E-state index contributed by atoms with van der Waals surface area (Å²) in [5.74, 6) is 0.535. The molecule has 1 rings (SSSR count). The van der Waals surface area contributed by atoms with Crippen LogP contribution in [0.15, 0.2) is 24.3 Å². The van der Waals surface area contributed by atoms with Crippen LogP contribution in [0.3, 0.4) is 0 Å². The van der Waals surface area contributed by atoms with Crippen LogP contribution < -0.4 is 0 Å². The molecule has 0 saturated carbocycles. The summed E-state index contributed by atoms with van der Waals surface area (Å²) in [6.45, 7) is 1.65. The van der Waals surface area contributed by atoms with Crippen LogP contribution in [0.2, 0.25) is 0 Å². The monoisotopic (exact) mass is 269 g/mol. The first kappa shape index (κ1) is 15.3. The average molecular weight is 270 g/mol. The molecule has 0 bridgehead atoms. The predicted octanol–water partition coefficient (Wildman–Crippen LogP) is 4.36. The summed E-state index contributed by atoms with van der Waals surface area (Å²) in [6.07, 6.45) is -4.27. The molecule has 1 aromatic carbocycles. The van der Waals surface area contributed by atoms with E-state index in [1.807, 2.05) is 0 Å². The molecule has 16 heavy (non-hydrogen) atoms. The van der Waals surface area contributed by atoms with Crippen molar-refractivity contribution in [3.63, 3.8) is 0 Å². The van der Waals surface area contributed by atoms with Crippen molar-refractivity contribution < 1.29 is 13.2 Å². The van der Waals surface area contributed by atoms with Crippen LogP contribution in [-0.4, -0.2) is 5.04 Å². The second-order valence-corrected chi connectivity index (χ2v) is 4.23. The standard InChI is InChI=1S/C10H10F3NS.ClH/c1-7(14)15-6-8-2-4-9(5-3-8)10(11,12)13;/h2-5,14H,6H2,1H3;1H. The highest BCUT2D eigenvalue weighted by Gasteiger charge is 2.29. The Bertz CT molecular complexity index is 348. The molecule has 0 saturated heterocycles. The first-order valence-corrected chi connectivity index (χ1v) is 5.22. The minimum Gasteiger partial charge on any atom is -0.299 e. The lowest BCUT2D eigenvalue weighted by molar-refractivity contribution is -0.137. The molecule has 0 aliphatic heterocycles. The van der Waals surface area contributed by atoms with Crippen molar-refractivity contribution in [2.75, 3.05) is 0 Å². The molecule has 0 unspecified atom stereocenters. The average Bonchev–Trinajstić information content (AvgIpc) is 2.14. The van der Waals surface area contributed by atoms with Crippen LogP contribution in [0.4, 0.5) is 13.2 Å². The van der Waals surface area contributed by atoms with E-state index in [2.05, 4.69) is 0 Å². The summed E-state index contributed by atoms with van der Waals surface area (Å²) in [6, 6.07) is 5.02. The second kappa shape index (κ2) is 6.15. The third kappa shape index (κ3) is 4.90. The van der Waals surface area contributed by atoms with E-state index in [0.717, 1.165) is 17.7 Å². The van der Waals surface area contributed by atoms with Crippen molar-refractivity contribution in [1.82, 2.24) is 0 Å². The van der Waals surface area contributed by atoms with E-state index in [9.17, 15) is 13.2 Å². The SMILES string of the molecule is CC(=N)SCc1ccc(C(F)(F)F)cc1.Cl. The molecule has 0 aromatic heterocycles. The van der Waals surface area contributed by atoms with Gasteiger partial charge in [-0.15, -0.1) is 24.2 Å². The number of alkyl halides is 3. The van der Waals surface area contributed by atoms with Gasteiger partial charge < -0.3 is 0 Å². The minimum atomic E-state index is -4.27. The molecule has 0 spiro atoms. The summed E-state index contributed by atoms with van der Waals surface area (Å²) in [5, 5.41) is 7.62. The first-order valence-electron chi connectivity index (χ1n) is 4.23.